The van der Waals surface area contributed by atoms with Gasteiger partial charge in [-0.15, -0.1) is 0 Å². The van der Waals surface area contributed by atoms with Crippen LogP contribution in [0.5, 0.6) is 11.5 Å². The largest absolute Gasteiger partial charge is 0.497 e. The third-order valence-corrected chi connectivity index (χ3v) is 6.14. The number of nitrogens with zero attached hydrogens (tertiary/aromatic N) is 1. The van der Waals surface area contributed by atoms with E-state index in [0.29, 0.717) is 11.5 Å². The fourth-order valence-corrected chi connectivity index (χ4v) is 4.48. The first-order valence-electron chi connectivity index (χ1n) is 9.29. The second kappa shape index (κ2) is 9.00. The van der Waals surface area contributed by atoms with Gasteiger partial charge in [0.15, 0.2) is 6.61 Å². The SMILES string of the molecule is COc1ccc(N(C(=O)COc2cc(C)cc(C)c2)S(=O)(=O)c2ccccc2)cc1. The van der Waals surface area contributed by atoms with Crippen LogP contribution in [0.4, 0.5) is 5.69 Å². The van der Waals surface area contributed by atoms with Crippen molar-refractivity contribution >= 4 is 21.6 Å². The third kappa shape index (κ3) is 4.80. The Morgan fingerprint density at radius 3 is 2.03 bits per heavy atom. The van der Waals surface area contributed by atoms with Gasteiger partial charge in [0.05, 0.1) is 17.7 Å². The van der Waals surface area contributed by atoms with E-state index in [1.807, 2.05) is 19.9 Å². The highest BCUT2D eigenvalue weighted by atomic mass is 32.2. The van der Waals surface area contributed by atoms with E-state index in [1.165, 1.54) is 31.4 Å². The summed E-state index contributed by atoms with van der Waals surface area (Å²) in [5, 5.41) is 0. The highest BCUT2D eigenvalue weighted by molar-refractivity contribution is 7.93. The zero-order valence-corrected chi connectivity index (χ0v) is 17.8. The lowest BCUT2D eigenvalue weighted by Gasteiger charge is -2.23. The van der Waals surface area contributed by atoms with Gasteiger partial charge < -0.3 is 9.47 Å². The van der Waals surface area contributed by atoms with E-state index >= 15 is 0 Å². The number of hydrogen-bond acceptors (Lipinski definition) is 5. The van der Waals surface area contributed by atoms with Crippen molar-refractivity contribution < 1.29 is 22.7 Å². The van der Waals surface area contributed by atoms with Crippen LogP contribution in [0, 0.1) is 13.8 Å². The molecule has 0 spiro atoms. The first-order chi connectivity index (χ1) is 14.3. The van der Waals surface area contributed by atoms with E-state index in [1.54, 1.807) is 42.5 Å². The average Bonchev–Trinajstić information content (AvgIpc) is 2.73. The zero-order chi connectivity index (χ0) is 21.7. The summed E-state index contributed by atoms with van der Waals surface area (Å²) in [6, 6.07) is 19.6. The van der Waals surface area contributed by atoms with E-state index in [0.717, 1.165) is 15.4 Å². The van der Waals surface area contributed by atoms with Crippen molar-refractivity contribution in [1.29, 1.82) is 0 Å². The molecule has 0 aliphatic heterocycles. The summed E-state index contributed by atoms with van der Waals surface area (Å²) in [6.07, 6.45) is 0. The highest BCUT2D eigenvalue weighted by Crippen LogP contribution is 2.26. The molecule has 0 aliphatic rings. The molecule has 156 valence electrons. The number of sulfonamides is 1. The lowest BCUT2D eigenvalue weighted by atomic mass is 10.1. The number of rotatable bonds is 7. The predicted octanol–water partition coefficient (Wildman–Crippen LogP) is 4.11. The van der Waals surface area contributed by atoms with E-state index < -0.39 is 22.5 Å². The monoisotopic (exact) mass is 425 g/mol. The molecule has 3 aromatic carbocycles. The average molecular weight is 426 g/mol. The molecule has 0 fully saturated rings. The van der Waals surface area contributed by atoms with Crippen molar-refractivity contribution in [3.05, 3.63) is 83.9 Å². The maximum Gasteiger partial charge on any atom is 0.278 e. The Balaban J connectivity index is 1.94. The molecule has 0 bridgehead atoms. The summed E-state index contributed by atoms with van der Waals surface area (Å²) in [5.41, 5.74) is 2.18. The number of benzene rings is 3. The van der Waals surface area contributed by atoms with Gasteiger partial charge in [-0.25, -0.2) is 8.42 Å². The van der Waals surface area contributed by atoms with Crippen LogP contribution >= 0.6 is 0 Å². The van der Waals surface area contributed by atoms with Gasteiger partial charge in [0, 0.05) is 0 Å². The quantitative estimate of drug-likeness (QED) is 0.570. The molecule has 0 aliphatic carbocycles. The lowest BCUT2D eigenvalue weighted by molar-refractivity contribution is -0.119. The predicted molar refractivity (Wildman–Crippen MR) is 116 cm³/mol. The lowest BCUT2D eigenvalue weighted by Crippen LogP contribution is -2.40. The Bertz CT molecular complexity index is 1110. The van der Waals surface area contributed by atoms with Crippen molar-refractivity contribution in [3.8, 4) is 11.5 Å². The molecule has 0 saturated heterocycles. The molecule has 3 rings (SSSR count). The molecule has 0 unspecified atom stereocenters. The van der Waals surface area contributed by atoms with Gasteiger partial charge in [-0.3, -0.25) is 4.79 Å². The Labute approximate surface area is 176 Å². The van der Waals surface area contributed by atoms with Crippen molar-refractivity contribution in [2.75, 3.05) is 18.0 Å². The molecular weight excluding hydrogens is 402 g/mol. The van der Waals surface area contributed by atoms with Crippen LogP contribution in [-0.4, -0.2) is 28.0 Å². The van der Waals surface area contributed by atoms with Gasteiger partial charge in [0.2, 0.25) is 0 Å². The van der Waals surface area contributed by atoms with Crippen LogP contribution < -0.4 is 13.8 Å². The second-order valence-electron chi connectivity index (χ2n) is 6.79. The third-order valence-electron chi connectivity index (χ3n) is 4.37. The Hall–Kier alpha value is -3.32. The number of carbonyl (C=O) groups excluding carboxylic acids is 1. The minimum absolute atomic E-state index is 0.0144. The summed E-state index contributed by atoms with van der Waals surface area (Å²) in [5.74, 6) is 0.352. The van der Waals surface area contributed by atoms with Crippen LogP contribution in [0.3, 0.4) is 0 Å². The molecule has 0 aromatic heterocycles. The highest BCUT2D eigenvalue weighted by Gasteiger charge is 2.31. The maximum absolute atomic E-state index is 13.3. The van der Waals surface area contributed by atoms with Crippen molar-refractivity contribution in [3.63, 3.8) is 0 Å². The van der Waals surface area contributed by atoms with E-state index in [4.69, 9.17) is 9.47 Å². The molecule has 0 atom stereocenters. The fraction of sp³-hybridized carbons (Fsp3) is 0.174. The first kappa shape index (κ1) is 21.4. The zero-order valence-electron chi connectivity index (χ0n) is 17.0. The minimum atomic E-state index is -4.13. The molecule has 6 nitrogen and oxygen atoms in total. The van der Waals surface area contributed by atoms with Crippen LogP contribution in [0.1, 0.15) is 11.1 Å². The van der Waals surface area contributed by atoms with Crippen LogP contribution in [0.2, 0.25) is 0 Å². The second-order valence-corrected chi connectivity index (χ2v) is 8.57. The van der Waals surface area contributed by atoms with E-state index in [2.05, 4.69) is 0 Å². The molecule has 0 N–H and O–H groups in total. The van der Waals surface area contributed by atoms with Crippen molar-refractivity contribution in [2.45, 2.75) is 18.7 Å². The Morgan fingerprint density at radius 2 is 1.47 bits per heavy atom. The molecule has 0 radical (unpaired) electrons. The maximum atomic E-state index is 13.3. The van der Waals surface area contributed by atoms with Gasteiger partial charge in [-0.2, -0.15) is 4.31 Å². The normalized spacial score (nSPS) is 11.0. The number of methoxy groups -OCH3 is 1. The molecule has 0 saturated carbocycles. The summed E-state index contributed by atoms with van der Waals surface area (Å²) in [6.45, 7) is 3.41. The number of carbonyl (C=O) groups is 1. The molecule has 0 heterocycles. The summed E-state index contributed by atoms with van der Waals surface area (Å²) in [7, 11) is -2.62. The van der Waals surface area contributed by atoms with Crippen LogP contribution in [0.15, 0.2) is 77.7 Å². The minimum Gasteiger partial charge on any atom is -0.497 e. The summed E-state index contributed by atoms with van der Waals surface area (Å²) >= 11 is 0. The fourth-order valence-electron chi connectivity index (χ4n) is 3.05. The van der Waals surface area contributed by atoms with Gasteiger partial charge in [-0.05, 0) is 73.5 Å². The molecule has 7 heteroatoms. The number of amides is 1. The van der Waals surface area contributed by atoms with E-state index in [9.17, 15) is 13.2 Å². The van der Waals surface area contributed by atoms with Crippen LogP contribution in [0.25, 0.3) is 0 Å². The first-order valence-corrected chi connectivity index (χ1v) is 10.7. The Morgan fingerprint density at radius 1 is 0.867 bits per heavy atom. The number of hydrogen-bond donors (Lipinski definition) is 0. The molecule has 3 aromatic rings. The number of ether oxygens (including phenoxy) is 2. The molecular formula is C23H23NO5S. The van der Waals surface area contributed by atoms with Crippen LogP contribution in [-0.2, 0) is 14.8 Å². The van der Waals surface area contributed by atoms with Gasteiger partial charge >= 0.3 is 0 Å². The number of aryl methyl sites for hydroxylation is 2. The van der Waals surface area contributed by atoms with E-state index in [-0.39, 0.29) is 10.6 Å². The number of anilines is 1. The van der Waals surface area contributed by atoms with Gasteiger partial charge in [0.25, 0.3) is 15.9 Å². The summed E-state index contributed by atoms with van der Waals surface area (Å²) < 4.78 is 38.1. The smallest absolute Gasteiger partial charge is 0.278 e. The van der Waals surface area contributed by atoms with Crippen molar-refractivity contribution in [1.82, 2.24) is 0 Å². The standard InChI is InChI=1S/C23H23NO5S/c1-17-13-18(2)15-21(14-17)29-16-23(25)24(19-9-11-20(28-3)12-10-19)30(26,27)22-7-5-4-6-8-22/h4-15H,16H2,1-3H3. The summed E-state index contributed by atoms with van der Waals surface area (Å²) in [4.78, 5) is 13.1. The molecule has 30 heavy (non-hydrogen) atoms. The Kier molecular flexibility index (Phi) is 6.42. The topological polar surface area (TPSA) is 72.9 Å². The molecule has 1 amide bonds. The van der Waals surface area contributed by atoms with Crippen molar-refractivity contribution in [2.24, 2.45) is 0 Å². The van der Waals surface area contributed by atoms with Gasteiger partial charge in [0.1, 0.15) is 11.5 Å². The van der Waals surface area contributed by atoms with Gasteiger partial charge in [-0.1, -0.05) is 24.3 Å².